The van der Waals surface area contributed by atoms with Gasteiger partial charge in [-0.15, -0.1) is 5.10 Å². The first-order chi connectivity index (χ1) is 16.5. The lowest BCUT2D eigenvalue weighted by Crippen LogP contribution is -2.39. The number of rotatable bonds is 10. The number of nitrogens with zero attached hydrogens (tertiary/aromatic N) is 3. The van der Waals surface area contributed by atoms with E-state index < -0.39 is 17.5 Å². The largest absolute Gasteiger partial charge is 0.403 e. The molecule has 0 bridgehead atoms. The minimum absolute atomic E-state index is 0.00622. The molecule has 1 aliphatic rings. The number of aliphatic hydroxyl groups is 1. The molecule has 4 rings (SSSR count). The zero-order chi connectivity index (χ0) is 23.9. The number of morpholine rings is 1. The first-order valence-electron chi connectivity index (χ1n) is 11.1. The van der Waals surface area contributed by atoms with Crippen molar-refractivity contribution >= 4 is 17.4 Å². The van der Waals surface area contributed by atoms with Gasteiger partial charge in [0, 0.05) is 32.8 Å². The fourth-order valence-corrected chi connectivity index (χ4v) is 3.63. The molecular formula is C23H26F3N5O3. The zero-order valence-corrected chi connectivity index (χ0v) is 18.5. The van der Waals surface area contributed by atoms with Gasteiger partial charge in [0.2, 0.25) is 0 Å². The monoisotopic (exact) mass is 477 g/mol. The van der Waals surface area contributed by atoms with Crippen molar-refractivity contribution in [2.75, 3.05) is 56.6 Å². The van der Waals surface area contributed by atoms with Crippen molar-refractivity contribution in [1.82, 2.24) is 15.1 Å². The van der Waals surface area contributed by atoms with Crippen molar-refractivity contribution in [2.24, 2.45) is 0 Å². The van der Waals surface area contributed by atoms with Gasteiger partial charge in [-0.2, -0.15) is 0 Å². The van der Waals surface area contributed by atoms with Crippen LogP contribution in [-0.2, 0) is 11.2 Å². The first kappa shape index (κ1) is 24.0. The van der Waals surface area contributed by atoms with Gasteiger partial charge in [0.05, 0.1) is 30.2 Å². The Kier molecular flexibility index (Phi) is 7.99. The second-order valence-corrected chi connectivity index (χ2v) is 7.84. The van der Waals surface area contributed by atoms with Gasteiger partial charge in [-0.3, -0.25) is 4.90 Å². The Morgan fingerprint density at radius 1 is 1.03 bits per heavy atom. The lowest BCUT2D eigenvalue weighted by atomic mass is 10.1. The highest BCUT2D eigenvalue weighted by atomic mass is 19.2. The van der Waals surface area contributed by atoms with Crippen molar-refractivity contribution < 1.29 is 27.4 Å². The molecule has 1 saturated heterocycles. The highest BCUT2D eigenvalue weighted by Gasteiger charge is 2.21. The van der Waals surface area contributed by atoms with Crippen LogP contribution in [0.15, 0.2) is 34.7 Å². The van der Waals surface area contributed by atoms with Crippen molar-refractivity contribution in [2.45, 2.75) is 12.8 Å². The molecule has 1 fully saturated rings. The van der Waals surface area contributed by atoms with E-state index in [1.165, 1.54) is 18.2 Å². The van der Waals surface area contributed by atoms with Gasteiger partial charge < -0.3 is 24.9 Å². The molecule has 182 valence electrons. The Balaban J connectivity index is 1.50. The van der Waals surface area contributed by atoms with Crippen molar-refractivity contribution in [3.63, 3.8) is 0 Å². The summed E-state index contributed by atoms with van der Waals surface area (Å²) in [5, 5.41) is 22.4. The van der Waals surface area contributed by atoms with Crippen LogP contribution in [0.2, 0.25) is 0 Å². The summed E-state index contributed by atoms with van der Waals surface area (Å²) in [7, 11) is 0. The molecule has 11 heteroatoms. The summed E-state index contributed by atoms with van der Waals surface area (Å²) >= 11 is 0. The third kappa shape index (κ3) is 5.85. The van der Waals surface area contributed by atoms with Crippen LogP contribution in [0.4, 0.5) is 30.6 Å². The standard InChI is InChI=1S/C23H26F3N5O3/c24-17-5-4-16(22-29-30-23(34-22)27-7-8-31-9-12-33-13-10-31)21(20(17)26)28-19-6-3-15(2-1-11-32)14-18(19)25/h3-6,14,28,32H,1-2,7-13H2,(H,27,30). The van der Waals surface area contributed by atoms with Gasteiger partial charge in [0.15, 0.2) is 11.6 Å². The molecule has 34 heavy (non-hydrogen) atoms. The first-order valence-corrected chi connectivity index (χ1v) is 11.1. The predicted molar refractivity (Wildman–Crippen MR) is 120 cm³/mol. The molecule has 2 aromatic carbocycles. The molecule has 0 atom stereocenters. The number of anilines is 3. The van der Waals surface area contributed by atoms with E-state index in [-0.39, 0.29) is 35.5 Å². The number of hydrogen-bond acceptors (Lipinski definition) is 8. The number of aromatic nitrogens is 2. The molecule has 1 aliphatic heterocycles. The summed E-state index contributed by atoms with van der Waals surface area (Å²) in [6, 6.07) is 6.75. The average molecular weight is 477 g/mol. The minimum atomic E-state index is -1.19. The molecule has 2 heterocycles. The number of benzene rings is 2. The Morgan fingerprint density at radius 3 is 2.62 bits per heavy atom. The van der Waals surface area contributed by atoms with Gasteiger partial charge in [-0.05, 0) is 42.7 Å². The van der Waals surface area contributed by atoms with Gasteiger partial charge >= 0.3 is 6.01 Å². The van der Waals surface area contributed by atoms with E-state index in [0.717, 1.165) is 25.7 Å². The number of aryl methyl sites for hydroxylation is 1. The van der Waals surface area contributed by atoms with Crippen molar-refractivity contribution in [3.05, 3.63) is 53.3 Å². The van der Waals surface area contributed by atoms with Gasteiger partial charge in [-0.1, -0.05) is 11.2 Å². The van der Waals surface area contributed by atoms with Gasteiger partial charge in [0.25, 0.3) is 5.89 Å². The molecule has 0 spiro atoms. The topological polar surface area (TPSA) is 95.7 Å². The molecule has 3 N–H and O–H groups in total. The van der Waals surface area contributed by atoms with Crippen LogP contribution >= 0.6 is 0 Å². The third-order valence-corrected chi connectivity index (χ3v) is 5.47. The molecule has 0 amide bonds. The third-order valence-electron chi connectivity index (χ3n) is 5.47. The van der Waals surface area contributed by atoms with E-state index in [0.29, 0.717) is 38.2 Å². The van der Waals surface area contributed by atoms with Crippen LogP contribution in [0.25, 0.3) is 11.5 Å². The number of hydrogen-bond donors (Lipinski definition) is 3. The van der Waals surface area contributed by atoms with E-state index in [4.69, 9.17) is 14.3 Å². The maximum atomic E-state index is 14.7. The summed E-state index contributed by atoms with van der Waals surface area (Å²) in [6.45, 7) is 4.39. The maximum absolute atomic E-state index is 14.7. The van der Waals surface area contributed by atoms with E-state index in [9.17, 15) is 13.2 Å². The maximum Gasteiger partial charge on any atom is 0.315 e. The molecule has 3 aromatic rings. The van der Waals surface area contributed by atoms with E-state index in [2.05, 4.69) is 25.7 Å². The van der Waals surface area contributed by atoms with E-state index in [1.54, 1.807) is 6.07 Å². The van der Waals surface area contributed by atoms with Crippen LogP contribution in [0.1, 0.15) is 12.0 Å². The summed E-state index contributed by atoms with van der Waals surface area (Å²) in [4.78, 5) is 2.23. The highest BCUT2D eigenvalue weighted by Crippen LogP contribution is 2.34. The Hall–Kier alpha value is -3.15. The second-order valence-electron chi connectivity index (χ2n) is 7.84. The van der Waals surface area contributed by atoms with Gasteiger partial charge in [0.1, 0.15) is 5.82 Å². The predicted octanol–water partition coefficient (Wildman–Crippen LogP) is 3.57. The summed E-state index contributed by atoms with van der Waals surface area (Å²) in [5.74, 6) is -2.98. The SMILES string of the molecule is OCCCc1ccc(Nc2c(-c3nnc(NCCN4CCOCC4)o3)ccc(F)c2F)c(F)c1. The number of aliphatic hydroxyl groups excluding tert-OH is 1. The second kappa shape index (κ2) is 11.3. The summed E-state index contributed by atoms with van der Waals surface area (Å²) < 4.78 is 54.3. The minimum Gasteiger partial charge on any atom is -0.403 e. The van der Waals surface area contributed by atoms with Crippen LogP contribution in [0.5, 0.6) is 0 Å². The smallest absolute Gasteiger partial charge is 0.315 e. The normalized spacial score (nSPS) is 14.4. The summed E-state index contributed by atoms with van der Waals surface area (Å²) in [6.07, 6.45) is 0.992. The Bertz CT molecular complexity index is 1110. The van der Waals surface area contributed by atoms with Crippen LogP contribution < -0.4 is 10.6 Å². The fourth-order valence-electron chi connectivity index (χ4n) is 3.63. The quantitative estimate of drug-likeness (QED) is 0.408. The van der Waals surface area contributed by atoms with Crippen molar-refractivity contribution in [3.8, 4) is 11.5 Å². The molecule has 1 aromatic heterocycles. The van der Waals surface area contributed by atoms with Crippen LogP contribution in [-0.4, -0.2) is 66.2 Å². The van der Waals surface area contributed by atoms with Crippen LogP contribution in [0.3, 0.4) is 0 Å². The number of nitrogens with one attached hydrogen (secondary N) is 2. The highest BCUT2D eigenvalue weighted by molar-refractivity contribution is 5.78. The molecule has 8 nitrogen and oxygen atoms in total. The molecule has 0 unspecified atom stereocenters. The van der Waals surface area contributed by atoms with E-state index >= 15 is 0 Å². The lowest BCUT2D eigenvalue weighted by molar-refractivity contribution is 0.0398. The van der Waals surface area contributed by atoms with E-state index in [1.807, 2.05) is 0 Å². The Labute approximate surface area is 194 Å². The fraction of sp³-hybridized carbons (Fsp3) is 0.391. The average Bonchev–Trinajstić information content (AvgIpc) is 3.31. The van der Waals surface area contributed by atoms with Crippen LogP contribution in [0, 0.1) is 17.5 Å². The molecule has 0 aliphatic carbocycles. The lowest BCUT2D eigenvalue weighted by Gasteiger charge is -2.26. The molecule has 0 saturated carbocycles. The Morgan fingerprint density at radius 2 is 1.85 bits per heavy atom. The number of ether oxygens (including phenoxy) is 1. The number of halogens is 3. The summed E-state index contributed by atoms with van der Waals surface area (Å²) in [5.41, 5.74) is 0.422. The zero-order valence-electron chi connectivity index (χ0n) is 18.5. The molecular weight excluding hydrogens is 451 g/mol. The van der Waals surface area contributed by atoms with Gasteiger partial charge in [-0.25, -0.2) is 13.2 Å². The van der Waals surface area contributed by atoms with Crippen molar-refractivity contribution in [1.29, 1.82) is 0 Å². The molecule has 0 radical (unpaired) electrons.